The van der Waals surface area contributed by atoms with E-state index in [-0.39, 0.29) is 57.1 Å². The van der Waals surface area contributed by atoms with Crippen molar-refractivity contribution in [1.29, 1.82) is 0 Å². The van der Waals surface area contributed by atoms with Gasteiger partial charge in [0.2, 0.25) is 0 Å². The zero-order valence-corrected chi connectivity index (χ0v) is 30.9. The van der Waals surface area contributed by atoms with Crippen LogP contribution >= 0.6 is 0 Å². The number of hydrogen-bond acceptors (Lipinski definition) is 5. The summed E-state index contributed by atoms with van der Waals surface area (Å²) < 4.78 is 62.6. The minimum absolute atomic E-state index is 0.0300. The SMILES string of the molecule is [2H]c1c([2H])c([2H])c2c(oc3c([2H])c(N(c4ccc(-c5ccccc5)cc4)c4cc5ccccc5c5ccccc45)c([2H])c(-c4nc(-c5ccccc5)nc(-c5ccccc5)n4)c32)c1[2H]. The van der Waals surface area contributed by atoms with Gasteiger partial charge >= 0.3 is 0 Å². The lowest BCUT2D eigenvalue weighted by atomic mass is 9.98. The molecule has 9 aromatic carbocycles. The third-order valence-corrected chi connectivity index (χ3v) is 10.4. The summed E-state index contributed by atoms with van der Waals surface area (Å²) >= 11 is 0. The number of benzene rings is 9. The van der Waals surface area contributed by atoms with Crippen LogP contribution in [0.3, 0.4) is 0 Å². The second-order valence-corrected chi connectivity index (χ2v) is 13.9. The normalized spacial score (nSPS) is 12.9. The van der Waals surface area contributed by atoms with Crippen molar-refractivity contribution in [1.82, 2.24) is 15.0 Å². The molecule has 0 saturated carbocycles. The lowest BCUT2D eigenvalue weighted by Gasteiger charge is -2.28. The summed E-state index contributed by atoms with van der Waals surface area (Å²) in [7, 11) is 0. The molecule has 2 heterocycles. The molecule has 11 aromatic rings. The molecule has 0 aliphatic heterocycles. The van der Waals surface area contributed by atoms with Gasteiger partial charge in [-0.1, -0.05) is 170 Å². The van der Waals surface area contributed by atoms with Crippen LogP contribution in [-0.2, 0) is 0 Å². The van der Waals surface area contributed by atoms with Crippen LogP contribution in [0.15, 0.2) is 211 Å². The molecule has 0 saturated heterocycles. The van der Waals surface area contributed by atoms with Gasteiger partial charge in [-0.05, 0) is 57.6 Å². The Labute approximate surface area is 343 Å². The largest absolute Gasteiger partial charge is 0.456 e. The van der Waals surface area contributed by atoms with Crippen LogP contribution in [-0.4, -0.2) is 15.0 Å². The molecule has 0 spiro atoms. The van der Waals surface area contributed by atoms with Crippen molar-refractivity contribution in [3.05, 3.63) is 206 Å². The fourth-order valence-electron chi connectivity index (χ4n) is 7.71. The van der Waals surface area contributed by atoms with Gasteiger partial charge in [-0.15, -0.1) is 0 Å². The molecular weight excluding hydrogens is 709 g/mol. The van der Waals surface area contributed by atoms with E-state index in [1.165, 1.54) is 0 Å². The Hall–Kier alpha value is -7.89. The third-order valence-electron chi connectivity index (χ3n) is 10.4. The second-order valence-electron chi connectivity index (χ2n) is 13.9. The van der Waals surface area contributed by atoms with Gasteiger partial charge in [0.1, 0.15) is 11.2 Å². The predicted molar refractivity (Wildman–Crippen MR) is 239 cm³/mol. The lowest BCUT2D eigenvalue weighted by Crippen LogP contribution is -2.11. The van der Waals surface area contributed by atoms with E-state index in [0.29, 0.717) is 34.2 Å². The highest BCUT2D eigenvalue weighted by atomic mass is 16.3. The minimum Gasteiger partial charge on any atom is -0.456 e. The Bertz CT molecular complexity index is 3570. The van der Waals surface area contributed by atoms with E-state index >= 15 is 0 Å². The molecular formula is C53H34N4O. The van der Waals surface area contributed by atoms with E-state index in [9.17, 15) is 4.11 Å². The highest BCUT2D eigenvalue weighted by Gasteiger charge is 2.24. The number of anilines is 3. The van der Waals surface area contributed by atoms with E-state index in [2.05, 4.69) is 18.2 Å². The first kappa shape index (κ1) is 27.7. The van der Waals surface area contributed by atoms with Crippen LogP contribution in [0.5, 0.6) is 0 Å². The van der Waals surface area contributed by atoms with Gasteiger partial charge in [0.15, 0.2) is 17.5 Å². The molecule has 0 unspecified atom stereocenters. The van der Waals surface area contributed by atoms with Gasteiger partial charge in [0, 0.05) is 44.6 Å². The monoisotopic (exact) mass is 748 g/mol. The van der Waals surface area contributed by atoms with E-state index < -0.39 is 18.1 Å². The van der Waals surface area contributed by atoms with Crippen molar-refractivity contribution in [3.63, 3.8) is 0 Å². The summed E-state index contributed by atoms with van der Waals surface area (Å²) in [5.41, 5.74) is 4.83. The molecule has 0 aliphatic carbocycles. The topological polar surface area (TPSA) is 55.1 Å². The molecule has 0 fully saturated rings. The van der Waals surface area contributed by atoms with Crippen molar-refractivity contribution in [2.24, 2.45) is 0 Å². The number of fused-ring (bicyclic) bond motifs is 6. The molecule has 2 aromatic heterocycles. The first-order chi connectivity index (χ1) is 31.3. The van der Waals surface area contributed by atoms with Crippen LogP contribution in [0.25, 0.3) is 88.8 Å². The van der Waals surface area contributed by atoms with Crippen molar-refractivity contribution in [2.75, 3.05) is 4.90 Å². The number of para-hydroxylation sites is 1. The van der Waals surface area contributed by atoms with Gasteiger partial charge in [0.25, 0.3) is 0 Å². The Morgan fingerprint density at radius 2 is 0.983 bits per heavy atom. The molecule has 11 rings (SSSR count). The van der Waals surface area contributed by atoms with Gasteiger partial charge in [-0.25, -0.2) is 15.0 Å². The van der Waals surface area contributed by atoms with Crippen LogP contribution in [0.4, 0.5) is 17.1 Å². The summed E-state index contributed by atoms with van der Waals surface area (Å²) in [5.74, 6) is 0.732. The van der Waals surface area contributed by atoms with E-state index in [1.54, 1.807) is 0 Å². The summed E-state index contributed by atoms with van der Waals surface area (Å²) in [6.45, 7) is 0. The molecule has 0 bridgehead atoms. The molecule has 0 atom stereocenters. The maximum atomic E-state index is 10.5. The quantitative estimate of drug-likeness (QED) is 0.152. The molecule has 5 nitrogen and oxygen atoms in total. The van der Waals surface area contributed by atoms with Crippen molar-refractivity contribution in [3.8, 4) is 45.3 Å². The molecule has 272 valence electrons. The summed E-state index contributed by atoms with van der Waals surface area (Å²) in [5, 5.41) is 4.00. The highest BCUT2D eigenvalue weighted by molar-refractivity contribution is 6.16. The molecule has 58 heavy (non-hydrogen) atoms. The van der Waals surface area contributed by atoms with Gasteiger partial charge in [-0.2, -0.15) is 0 Å². The predicted octanol–water partition coefficient (Wildman–Crippen LogP) is 14.2. The summed E-state index contributed by atoms with van der Waals surface area (Å²) in [4.78, 5) is 16.9. The molecule has 5 heteroatoms. The highest BCUT2D eigenvalue weighted by Crippen LogP contribution is 2.46. The van der Waals surface area contributed by atoms with Gasteiger partial charge in [-0.3, -0.25) is 0 Å². The van der Waals surface area contributed by atoms with Gasteiger partial charge in [0.05, 0.1) is 19.6 Å². The maximum absolute atomic E-state index is 10.5. The molecule has 0 aliphatic rings. The standard InChI is InChI=1S/C53H34N4O/c1-4-16-35(17-5-1)36-28-30-40(31-29-36)57(47-32-39-22-10-11-23-42(39)43-24-12-13-25-44(43)47)41-33-46(50-45-26-14-15-27-48(45)58-49(50)34-41)53-55-51(37-18-6-2-7-19-37)54-52(56-53)38-20-8-3-9-21-38/h1-34H/i14D,15D,26D,27D,33D,34D. The molecule has 0 radical (unpaired) electrons. The third kappa shape index (κ3) is 5.85. The lowest BCUT2D eigenvalue weighted by molar-refractivity contribution is 0.669. The smallest absolute Gasteiger partial charge is 0.164 e. The van der Waals surface area contributed by atoms with Crippen molar-refractivity contribution < 1.29 is 12.6 Å². The van der Waals surface area contributed by atoms with Crippen molar-refractivity contribution in [2.45, 2.75) is 0 Å². The Kier molecular flexibility index (Phi) is 6.67. The van der Waals surface area contributed by atoms with Crippen LogP contribution in [0.2, 0.25) is 0 Å². The first-order valence-electron chi connectivity index (χ1n) is 22.0. The maximum Gasteiger partial charge on any atom is 0.164 e. The second kappa shape index (κ2) is 14.0. The average molecular weight is 749 g/mol. The number of nitrogens with zero attached hydrogens (tertiary/aromatic N) is 4. The Morgan fingerprint density at radius 1 is 0.431 bits per heavy atom. The minimum atomic E-state index is -0.475. The average Bonchev–Trinajstić information content (AvgIpc) is 3.75. The van der Waals surface area contributed by atoms with Crippen LogP contribution in [0, 0.1) is 0 Å². The fourth-order valence-corrected chi connectivity index (χ4v) is 7.71. The van der Waals surface area contributed by atoms with Crippen LogP contribution < -0.4 is 4.90 Å². The Balaban J connectivity index is 1.30. The van der Waals surface area contributed by atoms with E-state index in [4.69, 9.17) is 23.5 Å². The zero-order chi connectivity index (χ0) is 43.6. The number of aromatic nitrogens is 3. The molecule has 0 N–H and O–H groups in total. The van der Waals surface area contributed by atoms with Crippen LogP contribution in [0.1, 0.15) is 8.22 Å². The number of rotatable bonds is 7. The van der Waals surface area contributed by atoms with Gasteiger partial charge < -0.3 is 9.32 Å². The Morgan fingerprint density at radius 3 is 1.67 bits per heavy atom. The van der Waals surface area contributed by atoms with E-state index in [0.717, 1.165) is 32.7 Å². The summed E-state index contributed by atoms with van der Waals surface area (Å²) in [6, 6.07) is 53.1. The number of furan rings is 1. The fraction of sp³-hybridized carbons (Fsp3) is 0. The number of hydrogen-bond donors (Lipinski definition) is 0. The molecule has 0 amide bonds. The van der Waals surface area contributed by atoms with E-state index in [1.807, 2.05) is 157 Å². The first-order valence-corrected chi connectivity index (χ1v) is 19.0. The zero-order valence-electron chi connectivity index (χ0n) is 36.9. The van der Waals surface area contributed by atoms with Crippen molar-refractivity contribution >= 4 is 60.5 Å². The summed E-state index contributed by atoms with van der Waals surface area (Å²) in [6.07, 6.45) is 0.